The Hall–Kier alpha value is -2.17. The third-order valence-electron chi connectivity index (χ3n) is 2.80. The lowest BCUT2D eigenvalue weighted by molar-refractivity contribution is 0.0944. The highest BCUT2D eigenvalue weighted by Crippen LogP contribution is 2.22. The smallest absolute Gasteiger partial charge is 0.271 e. The fourth-order valence-corrected chi connectivity index (χ4v) is 4.04. The number of benzene rings is 1. The molecule has 1 aromatic carbocycles. The molecule has 0 bridgehead atoms. The molecular weight excluding hydrogens is 368 g/mol. The van der Waals surface area contributed by atoms with E-state index < -0.39 is 15.9 Å². The van der Waals surface area contributed by atoms with Crippen molar-refractivity contribution < 1.29 is 13.2 Å². The van der Waals surface area contributed by atoms with Gasteiger partial charge in [-0.3, -0.25) is 20.4 Å². The number of rotatable bonds is 5. The molecule has 0 aliphatic carbocycles. The molecule has 0 atom stereocenters. The largest absolute Gasteiger partial charge is 0.362 e. The number of hydrogen-bond acceptors (Lipinski definition) is 5. The minimum atomic E-state index is -3.74. The van der Waals surface area contributed by atoms with Crippen LogP contribution in [0, 0.1) is 0 Å². The van der Waals surface area contributed by atoms with Crippen LogP contribution in [0.3, 0.4) is 0 Å². The fourth-order valence-electron chi connectivity index (χ4n) is 1.77. The number of carbonyl (C=O) groups is 1. The van der Waals surface area contributed by atoms with Crippen molar-refractivity contribution in [2.75, 3.05) is 11.3 Å². The van der Waals surface area contributed by atoms with Crippen molar-refractivity contribution in [3.05, 3.63) is 47.3 Å². The Bertz CT molecular complexity index is 820. The van der Waals surface area contributed by atoms with E-state index in [-0.39, 0.29) is 20.6 Å². The van der Waals surface area contributed by atoms with Gasteiger partial charge in [0.15, 0.2) is 5.11 Å². The maximum atomic E-state index is 12.3. The molecule has 10 heteroatoms. The summed E-state index contributed by atoms with van der Waals surface area (Å²) in [7, 11) is -3.74. The number of hydrazine groups is 1. The lowest BCUT2D eigenvalue weighted by atomic mass is 10.2. The maximum Gasteiger partial charge on any atom is 0.271 e. The van der Waals surface area contributed by atoms with E-state index in [0.717, 1.165) is 11.3 Å². The molecule has 0 spiro atoms. The van der Waals surface area contributed by atoms with Gasteiger partial charge in [-0.15, -0.1) is 11.3 Å². The number of para-hydroxylation sites is 1. The number of anilines is 1. The van der Waals surface area contributed by atoms with Gasteiger partial charge in [0.05, 0.1) is 11.3 Å². The van der Waals surface area contributed by atoms with Gasteiger partial charge in [0, 0.05) is 6.54 Å². The lowest BCUT2D eigenvalue weighted by Crippen LogP contribution is -2.46. The summed E-state index contributed by atoms with van der Waals surface area (Å²) in [6, 6.07) is 9.44. The van der Waals surface area contributed by atoms with Crippen LogP contribution in [0.1, 0.15) is 17.3 Å². The summed E-state index contributed by atoms with van der Waals surface area (Å²) < 4.78 is 27.2. The predicted molar refractivity (Wildman–Crippen MR) is 98.4 cm³/mol. The molecule has 0 saturated carbocycles. The standard InChI is InChI=1S/C14H16N4O3S3/c1-2-15-14(22)17-16-13(19)10-6-3-4-7-11(10)18-24(20,21)12-8-5-9-23-12/h3-9,18H,2H2,1H3,(H,16,19)(H2,15,17,22). The van der Waals surface area contributed by atoms with E-state index in [1.54, 1.807) is 23.6 Å². The molecule has 2 aromatic rings. The first-order valence-corrected chi connectivity index (χ1v) is 9.70. The molecule has 4 N–H and O–H groups in total. The highest BCUT2D eigenvalue weighted by Gasteiger charge is 2.19. The van der Waals surface area contributed by atoms with Crippen molar-refractivity contribution in [3.63, 3.8) is 0 Å². The van der Waals surface area contributed by atoms with Crippen LogP contribution >= 0.6 is 23.6 Å². The summed E-state index contributed by atoms with van der Waals surface area (Å²) in [6.45, 7) is 2.48. The minimum Gasteiger partial charge on any atom is -0.362 e. The molecule has 2 rings (SSSR count). The zero-order valence-corrected chi connectivity index (χ0v) is 15.1. The van der Waals surface area contributed by atoms with Crippen LogP contribution in [0.4, 0.5) is 5.69 Å². The van der Waals surface area contributed by atoms with Gasteiger partial charge in [0.25, 0.3) is 15.9 Å². The van der Waals surface area contributed by atoms with Gasteiger partial charge in [-0.1, -0.05) is 18.2 Å². The van der Waals surface area contributed by atoms with Crippen LogP contribution in [0.15, 0.2) is 46.0 Å². The zero-order valence-electron chi connectivity index (χ0n) is 12.7. The molecule has 128 valence electrons. The third-order valence-corrected chi connectivity index (χ3v) is 5.81. The van der Waals surface area contributed by atoms with E-state index in [1.165, 1.54) is 18.2 Å². The number of nitrogens with one attached hydrogen (secondary N) is 4. The van der Waals surface area contributed by atoms with Gasteiger partial charge >= 0.3 is 0 Å². The first-order chi connectivity index (χ1) is 11.4. The Morgan fingerprint density at radius 2 is 1.92 bits per heavy atom. The van der Waals surface area contributed by atoms with Crippen LogP contribution in [0.2, 0.25) is 0 Å². The van der Waals surface area contributed by atoms with Gasteiger partial charge in [-0.2, -0.15) is 0 Å². The Morgan fingerprint density at radius 3 is 2.58 bits per heavy atom. The van der Waals surface area contributed by atoms with Crippen molar-refractivity contribution in [3.8, 4) is 0 Å². The van der Waals surface area contributed by atoms with E-state index in [9.17, 15) is 13.2 Å². The molecule has 0 unspecified atom stereocenters. The Labute approximate surface area is 149 Å². The highest BCUT2D eigenvalue weighted by molar-refractivity contribution is 7.94. The van der Waals surface area contributed by atoms with E-state index in [4.69, 9.17) is 12.2 Å². The summed E-state index contributed by atoms with van der Waals surface area (Å²) in [4.78, 5) is 12.3. The predicted octanol–water partition coefficient (Wildman–Crippen LogP) is 1.68. The van der Waals surface area contributed by atoms with Crippen LogP contribution in [-0.2, 0) is 10.0 Å². The number of hydrogen-bond donors (Lipinski definition) is 4. The monoisotopic (exact) mass is 384 g/mol. The molecule has 1 aromatic heterocycles. The summed E-state index contributed by atoms with van der Waals surface area (Å²) in [6.07, 6.45) is 0. The molecule has 0 aliphatic rings. The molecule has 0 fully saturated rings. The van der Waals surface area contributed by atoms with Crippen LogP contribution < -0.4 is 20.9 Å². The van der Waals surface area contributed by atoms with E-state index in [2.05, 4.69) is 20.9 Å². The molecule has 7 nitrogen and oxygen atoms in total. The van der Waals surface area contributed by atoms with Gasteiger partial charge < -0.3 is 5.32 Å². The zero-order chi connectivity index (χ0) is 17.6. The molecule has 0 aliphatic heterocycles. The van der Waals surface area contributed by atoms with Crippen LogP contribution in [0.25, 0.3) is 0 Å². The quantitative estimate of drug-likeness (QED) is 0.462. The second-order valence-corrected chi connectivity index (χ2v) is 7.79. The van der Waals surface area contributed by atoms with Crippen LogP contribution in [0.5, 0.6) is 0 Å². The lowest BCUT2D eigenvalue weighted by Gasteiger charge is -2.13. The number of sulfonamides is 1. The number of amides is 1. The van der Waals surface area contributed by atoms with Gasteiger partial charge in [-0.05, 0) is 42.7 Å². The topological polar surface area (TPSA) is 99.3 Å². The first kappa shape index (κ1) is 18.2. The van der Waals surface area contributed by atoms with Crippen molar-refractivity contribution in [1.82, 2.24) is 16.2 Å². The van der Waals surface area contributed by atoms with Crippen molar-refractivity contribution >= 4 is 50.3 Å². The van der Waals surface area contributed by atoms with Gasteiger partial charge in [0.1, 0.15) is 4.21 Å². The SMILES string of the molecule is CCNC(=S)NNC(=O)c1ccccc1NS(=O)(=O)c1cccs1. The van der Waals surface area contributed by atoms with Gasteiger partial charge in [0.2, 0.25) is 0 Å². The molecule has 1 heterocycles. The number of carbonyl (C=O) groups excluding carboxylic acids is 1. The average Bonchev–Trinajstić information content (AvgIpc) is 3.08. The van der Waals surface area contributed by atoms with Crippen molar-refractivity contribution in [2.45, 2.75) is 11.1 Å². The molecule has 0 radical (unpaired) electrons. The summed E-state index contributed by atoms with van der Waals surface area (Å²) in [5, 5.41) is 4.75. The number of thiocarbonyl (C=S) groups is 1. The first-order valence-electron chi connectivity index (χ1n) is 6.93. The normalized spacial score (nSPS) is 10.7. The molecular formula is C14H16N4O3S3. The third kappa shape index (κ3) is 4.66. The molecule has 24 heavy (non-hydrogen) atoms. The van der Waals surface area contributed by atoms with Crippen molar-refractivity contribution in [1.29, 1.82) is 0 Å². The Morgan fingerprint density at radius 1 is 1.17 bits per heavy atom. The van der Waals surface area contributed by atoms with E-state index in [1.807, 2.05) is 6.92 Å². The maximum absolute atomic E-state index is 12.3. The average molecular weight is 385 g/mol. The molecule has 1 amide bonds. The summed E-state index contributed by atoms with van der Waals surface area (Å²) >= 11 is 6.04. The van der Waals surface area contributed by atoms with Crippen LogP contribution in [-0.4, -0.2) is 26.0 Å². The second kappa shape index (κ2) is 8.08. The summed E-state index contributed by atoms with van der Waals surface area (Å²) in [5.74, 6) is -0.514. The van der Waals surface area contributed by atoms with E-state index in [0.29, 0.717) is 6.54 Å². The van der Waals surface area contributed by atoms with E-state index >= 15 is 0 Å². The molecule has 0 saturated heterocycles. The number of thiophene rings is 1. The Kier molecular flexibility index (Phi) is 6.12. The highest BCUT2D eigenvalue weighted by atomic mass is 32.2. The summed E-state index contributed by atoms with van der Waals surface area (Å²) in [5.41, 5.74) is 5.32. The second-order valence-electron chi connectivity index (χ2n) is 4.52. The Balaban J connectivity index is 2.15. The fraction of sp³-hybridized carbons (Fsp3) is 0.143. The van der Waals surface area contributed by atoms with Crippen molar-refractivity contribution in [2.24, 2.45) is 0 Å². The van der Waals surface area contributed by atoms with Gasteiger partial charge in [-0.25, -0.2) is 8.42 Å². The minimum absolute atomic E-state index is 0.171.